The predicted octanol–water partition coefficient (Wildman–Crippen LogP) is 3.12. The van der Waals surface area contributed by atoms with Crippen LogP contribution < -0.4 is 0 Å². The van der Waals surface area contributed by atoms with Crippen LogP contribution in [-0.4, -0.2) is 36.1 Å². The summed E-state index contributed by atoms with van der Waals surface area (Å²) >= 11 is 0. The Morgan fingerprint density at radius 2 is 1.96 bits per heavy atom. The van der Waals surface area contributed by atoms with Crippen LogP contribution in [0.2, 0.25) is 0 Å². The topological polar surface area (TPSA) is 58.9 Å². The van der Waals surface area contributed by atoms with Gasteiger partial charge in [-0.1, -0.05) is 0 Å². The average molecular weight is 331 g/mol. The molecule has 4 nitrogen and oxygen atoms in total. The van der Waals surface area contributed by atoms with Gasteiger partial charge in [0.25, 0.3) is 0 Å². The zero-order valence-electron chi connectivity index (χ0n) is 12.0. The van der Waals surface area contributed by atoms with E-state index in [4.69, 9.17) is 0 Å². The van der Waals surface area contributed by atoms with Crippen LogP contribution in [0.3, 0.4) is 0 Å². The third-order valence-corrected chi connectivity index (χ3v) is 3.09. The Hall–Kier alpha value is -2.38. The molecule has 8 heteroatoms. The number of carbonyl (C=O) groups is 1. The lowest BCUT2D eigenvalue weighted by molar-refractivity contribution is -0.137. The Bertz CT molecular complexity index is 688. The molecule has 1 saturated carbocycles. The summed E-state index contributed by atoms with van der Waals surface area (Å²) in [5.41, 5.74) is -1.30. The van der Waals surface area contributed by atoms with E-state index < -0.39 is 52.5 Å². The summed E-state index contributed by atoms with van der Waals surface area (Å²) in [7, 11) is 0. The van der Waals surface area contributed by atoms with Crippen LogP contribution in [0.15, 0.2) is 22.7 Å². The van der Waals surface area contributed by atoms with Crippen LogP contribution in [0.5, 0.6) is 0 Å². The number of carbonyl (C=O) groups excluding carboxylic acids is 1. The van der Waals surface area contributed by atoms with Crippen LogP contribution in [0.4, 0.5) is 17.6 Å². The third kappa shape index (κ3) is 3.88. The van der Waals surface area contributed by atoms with Crippen molar-refractivity contribution in [2.24, 2.45) is 4.99 Å². The van der Waals surface area contributed by atoms with E-state index in [-0.39, 0.29) is 19.1 Å². The molecule has 1 aliphatic rings. The van der Waals surface area contributed by atoms with E-state index in [1.807, 2.05) is 0 Å². The molecule has 1 N–H and O–H groups in total. The number of hydrogen-bond acceptors (Lipinski definition) is 4. The second-order valence-corrected chi connectivity index (χ2v) is 4.83. The number of aliphatic imine (C=N–C) groups is 1. The van der Waals surface area contributed by atoms with Crippen molar-refractivity contribution in [3.63, 3.8) is 0 Å². The summed E-state index contributed by atoms with van der Waals surface area (Å²) in [5.74, 6) is -6.14. The molecule has 124 valence electrons. The lowest BCUT2D eigenvalue weighted by atomic mass is 10.1. The van der Waals surface area contributed by atoms with Crippen LogP contribution in [-0.2, 0) is 9.53 Å². The van der Waals surface area contributed by atoms with Crippen LogP contribution in [0.1, 0.15) is 18.9 Å². The van der Waals surface area contributed by atoms with Crippen LogP contribution in [0.25, 0.3) is 5.76 Å². The normalized spacial score (nSPS) is 21.3. The fraction of sp³-hybridized carbons (Fsp3) is 0.333. The van der Waals surface area contributed by atoms with Crippen molar-refractivity contribution in [1.29, 1.82) is 0 Å². The maximum absolute atomic E-state index is 13.7. The molecule has 1 aliphatic carbocycles. The molecule has 2 rings (SSSR count). The molecule has 0 heterocycles. The molecule has 0 aliphatic heterocycles. The molecule has 1 aromatic carbocycles. The zero-order valence-corrected chi connectivity index (χ0v) is 12.0. The molecule has 0 bridgehead atoms. The number of alkyl halides is 1. The van der Waals surface area contributed by atoms with Crippen molar-refractivity contribution < 1.29 is 32.2 Å². The Balaban J connectivity index is 2.45. The number of rotatable bonds is 5. The Morgan fingerprint density at radius 1 is 1.35 bits per heavy atom. The summed E-state index contributed by atoms with van der Waals surface area (Å²) in [5, 5.41) is 10.0. The number of ether oxygens (including phenoxy) is 1. The molecule has 2 atom stereocenters. The lowest BCUT2D eigenvalue weighted by Crippen LogP contribution is -2.12. The fourth-order valence-electron chi connectivity index (χ4n) is 1.75. The first-order valence-corrected chi connectivity index (χ1v) is 6.77. The summed E-state index contributed by atoms with van der Waals surface area (Å²) < 4.78 is 57.4. The number of hydrogen-bond donors (Lipinski definition) is 1. The average Bonchev–Trinajstić information content (AvgIpc) is 3.19. The summed E-state index contributed by atoms with van der Waals surface area (Å²) in [6.07, 6.45) is -0.123. The quantitative estimate of drug-likeness (QED) is 0.225. The first-order chi connectivity index (χ1) is 10.8. The van der Waals surface area contributed by atoms with Crippen LogP contribution in [0, 0.1) is 17.5 Å². The number of nitrogens with zero attached hydrogens (tertiary/aromatic N) is 1. The molecule has 0 unspecified atom stereocenters. The van der Waals surface area contributed by atoms with Gasteiger partial charge in [0.15, 0.2) is 11.6 Å². The van der Waals surface area contributed by atoms with Crippen molar-refractivity contribution in [3.8, 4) is 0 Å². The first-order valence-electron chi connectivity index (χ1n) is 6.77. The third-order valence-electron chi connectivity index (χ3n) is 3.09. The minimum Gasteiger partial charge on any atom is -0.506 e. The SMILES string of the molecule is CCOC(=O)C(C=N[C@@H]1C[C@@H]1F)=C(O)c1cc(F)c(F)cc1F. The maximum atomic E-state index is 13.7. The molecule has 0 aromatic heterocycles. The van der Waals surface area contributed by atoms with Gasteiger partial charge >= 0.3 is 5.97 Å². The molecule has 23 heavy (non-hydrogen) atoms. The monoisotopic (exact) mass is 331 g/mol. The van der Waals surface area contributed by atoms with E-state index in [1.165, 1.54) is 6.92 Å². The van der Waals surface area contributed by atoms with Gasteiger partial charge in [-0.2, -0.15) is 0 Å². The minimum atomic E-state index is -1.44. The Labute approximate surface area is 129 Å². The smallest absolute Gasteiger partial charge is 0.343 e. The fourth-order valence-corrected chi connectivity index (χ4v) is 1.75. The van der Waals surface area contributed by atoms with Gasteiger partial charge in [0, 0.05) is 18.7 Å². The Kier molecular flexibility index (Phi) is 5.02. The minimum absolute atomic E-state index is 0.0428. The van der Waals surface area contributed by atoms with Gasteiger partial charge < -0.3 is 9.84 Å². The summed E-state index contributed by atoms with van der Waals surface area (Å²) in [6.45, 7) is 1.46. The van der Waals surface area contributed by atoms with Gasteiger partial charge in [0.2, 0.25) is 0 Å². The molecule has 1 fully saturated rings. The zero-order chi connectivity index (χ0) is 17.1. The maximum Gasteiger partial charge on any atom is 0.343 e. The summed E-state index contributed by atoms with van der Waals surface area (Å²) in [6, 6.07) is -0.0106. The highest BCUT2D eigenvalue weighted by molar-refractivity contribution is 6.15. The van der Waals surface area contributed by atoms with Gasteiger partial charge in [-0.3, -0.25) is 4.99 Å². The van der Waals surface area contributed by atoms with Crippen LogP contribution >= 0.6 is 0 Å². The van der Waals surface area contributed by atoms with Crippen molar-refractivity contribution >= 4 is 17.9 Å². The van der Waals surface area contributed by atoms with E-state index in [0.29, 0.717) is 6.07 Å². The van der Waals surface area contributed by atoms with E-state index in [2.05, 4.69) is 9.73 Å². The van der Waals surface area contributed by atoms with Crippen molar-refractivity contribution in [2.45, 2.75) is 25.6 Å². The molecular formula is C15H13F4NO3. The highest BCUT2D eigenvalue weighted by Crippen LogP contribution is 2.29. The number of esters is 1. The van der Waals surface area contributed by atoms with Crippen molar-refractivity contribution in [1.82, 2.24) is 0 Å². The highest BCUT2D eigenvalue weighted by atomic mass is 19.2. The molecule has 0 amide bonds. The largest absolute Gasteiger partial charge is 0.506 e. The van der Waals surface area contributed by atoms with E-state index in [1.54, 1.807) is 0 Å². The van der Waals surface area contributed by atoms with Gasteiger partial charge in [0.1, 0.15) is 23.3 Å². The molecule has 0 saturated heterocycles. The number of benzene rings is 1. The van der Waals surface area contributed by atoms with Crippen molar-refractivity contribution in [2.75, 3.05) is 6.61 Å². The van der Waals surface area contributed by atoms with Gasteiger partial charge in [-0.25, -0.2) is 22.4 Å². The summed E-state index contributed by atoms with van der Waals surface area (Å²) in [4.78, 5) is 15.5. The van der Waals surface area contributed by atoms with Gasteiger partial charge in [-0.05, 0) is 13.0 Å². The second kappa shape index (κ2) is 6.80. The molecular weight excluding hydrogens is 318 g/mol. The second-order valence-electron chi connectivity index (χ2n) is 4.83. The van der Waals surface area contributed by atoms with Gasteiger partial charge in [-0.15, -0.1) is 0 Å². The standard InChI is InChI=1S/C15H13F4NO3/c1-2-23-15(22)8(6-20-13-5-12(13)19)14(21)7-3-10(17)11(18)4-9(7)16/h3-4,6,12-13,21H,2,5H2,1H3/t12-,13+/m0/s1. The molecule has 0 spiro atoms. The molecule has 0 radical (unpaired) electrons. The van der Waals surface area contributed by atoms with Crippen molar-refractivity contribution in [3.05, 3.63) is 40.7 Å². The van der Waals surface area contributed by atoms with E-state index >= 15 is 0 Å². The highest BCUT2D eigenvalue weighted by Gasteiger charge is 2.37. The number of aliphatic hydroxyl groups excluding tert-OH is 1. The number of halogens is 4. The Morgan fingerprint density at radius 3 is 2.52 bits per heavy atom. The lowest BCUT2D eigenvalue weighted by Gasteiger charge is -2.08. The van der Waals surface area contributed by atoms with E-state index in [0.717, 1.165) is 6.21 Å². The molecule has 1 aromatic rings. The first kappa shape index (κ1) is 17.0. The van der Waals surface area contributed by atoms with E-state index in [9.17, 15) is 27.5 Å². The number of aliphatic hydroxyl groups is 1. The van der Waals surface area contributed by atoms with Gasteiger partial charge in [0.05, 0.1) is 18.2 Å². The predicted molar refractivity (Wildman–Crippen MR) is 74.3 cm³/mol.